The van der Waals surface area contributed by atoms with Crippen LogP contribution in [0.15, 0.2) is 0 Å². The largest absolute Gasteiger partial charge is 0.480 e. The predicted octanol–water partition coefficient (Wildman–Crippen LogP) is 0.834. The van der Waals surface area contributed by atoms with Crippen LogP contribution < -0.4 is 5.32 Å². The third-order valence-corrected chi connectivity index (χ3v) is 3.36. The highest BCUT2D eigenvalue weighted by molar-refractivity contribution is 5.85. The van der Waals surface area contributed by atoms with Crippen molar-refractivity contribution in [2.45, 2.75) is 39.2 Å². The Hall–Kier alpha value is -1.79. The van der Waals surface area contributed by atoms with Crippen molar-refractivity contribution in [1.82, 2.24) is 10.2 Å². The summed E-state index contributed by atoms with van der Waals surface area (Å²) < 4.78 is 4.95. The van der Waals surface area contributed by atoms with E-state index < -0.39 is 17.5 Å². The number of carbonyl (C=O) groups is 3. The molecule has 2 N–H and O–H groups in total. The predicted molar refractivity (Wildman–Crippen MR) is 71.2 cm³/mol. The third kappa shape index (κ3) is 4.11. The molecule has 0 atom stereocenters. The maximum absolute atomic E-state index is 12.0. The first-order valence-electron chi connectivity index (χ1n) is 6.75. The molecule has 1 saturated heterocycles. The van der Waals surface area contributed by atoms with Crippen molar-refractivity contribution in [2.75, 3.05) is 19.7 Å². The second-order valence-electron chi connectivity index (χ2n) is 5.37. The highest BCUT2D eigenvalue weighted by Gasteiger charge is 2.33. The smallest absolute Gasteiger partial charge is 0.328 e. The molecule has 1 aliphatic rings. The number of esters is 1. The Balaban J connectivity index is 2.47. The fraction of sp³-hybridized carbons (Fsp3) is 0.769. The molecule has 1 fully saturated rings. The van der Waals surface area contributed by atoms with Crippen LogP contribution in [-0.2, 0) is 14.3 Å². The molecule has 0 aromatic carbocycles. The lowest BCUT2D eigenvalue weighted by Crippen LogP contribution is -2.55. The fourth-order valence-electron chi connectivity index (χ4n) is 1.98. The molecular weight excluding hydrogens is 264 g/mol. The Bertz CT molecular complexity index is 386. The molecule has 0 unspecified atom stereocenters. The van der Waals surface area contributed by atoms with Gasteiger partial charge in [0, 0.05) is 13.1 Å². The van der Waals surface area contributed by atoms with Crippen molar-refractivity contribution in [3.05, 3.63) is 0 Å². The summed E-state index contributed by atoms with van der Waals surface area (Å²) in [6, 6.07) is -0.417. The van der Waals surface area contributed by atoms with E-state index in [9.17, 15) is 14.4 Å². The zero-order valence-electron chi connectivity index (χ0n) is 12.1. The van der Waals surface area contributed by atoms with E-state index in [0.717, 1.165) is 0 Å². The second-order valence-corrected chi connectivity index (χ2v) is 5.37. The van der Waals surface area contributed by atoms with Gasteiger partial charge in [-0.25, -0.2) is 9.59 Å². The summed E-state index contributed by atoms with van der Waals surface area (Å²) in [6.45, 7) is 5.81. The van der Waals surface area contributed by atoms with E-state index in [1.165, 1.54) is 18.7 Å². The number of carboxylic acids is 1. The van der Waals surface area contributed by atoms with E-state index in [4.69, 9.17) is 9.84 Å². The van der Waals surface area contributed by atoms with Crippen LogP contribution in [0.1, 0.15) is 33.6 Å². The van der Waals surface area contributed by atoms with Gasteiger partial charge in [0.15, 0.2) is 0 Å². The molecule has 0 aliphatic carbocycles. The highest BCUT2D eigenvalue weighted by atomic mass is 16.5. The number of hydrogen-bond acceptors (Lipinski definition) is 4. The van der Waals surface area contributed by atoms with Crippen LogP contribution in [-0.4, -0.2) is 53.2 Å². The summed E-state index contributed by atoms with van der Waals surface area (Å²) in [7, 11) is 0. The Morgan fingerprint density at radius 3 is 2.30 bits per heavy atom. The van der Waals surface area contributed by atoms with E-state index in [0.29, 0.717) is 32.5 Å². The summed E-state index contributed by atoms with van der Waals surface area (Å²) in [5.41, 5.74) is -1.31. The van der Waals surface area contributed by atoms with Gasteiger partial charge in [0.2, 0.25) is 0 Å². The lowest BCUT2D eigenvalue weighted by atomic mass is 9.97. The molecule has 114 valence electrons. The molecule has 20 heavy (non-hydrogen) atoms. The van der Waals surface area contributed by atoms with Gasteiger partial charge in [-0.3, -0.25) is 4.79 Å². The van der Waals surface area contributed by atoms with E-state index in [-0.39, 0.29) is 11.9 Å². The number of carboxylic acid groups (broad SMARTS) is 1. The number of nitrogens with zero attached hydrogens (tertiary/aromatic N) is 1. The molecule has 0 aromatic heterocycles. The number of aliphatic carboxylic acids is 1. The first-order chi connectivity index (χ1) is 9.27. The van der Waals surface area contributed by atoms with E-state index in [1.807, 2.05) is 0 Å². The van der Waals surface area contributed by atoms with Crippen molar-refractivity contribution in [2.24, 2.45) is 5.92 Å². The molecule has 7 heteroatoms. The van der Waals surface area contributed by atoms with Crippen LogP contribution in [0.2, 0.25) is 0 Å². The molecule has 7 nitrogen and oxygen atoms in total. The van der Waals surface area contributed by atoms with Gasteiger partial charge in [0.05, 0.1) is 12.5 Å². The molecule has 0 radical (unpaired) electrons. The van der Waals surface area contributed by atoms with Crippen LogP contribution in [0.4, 0.5) is 4.79 Å². The van der Waals surface area contributed by atoms with E-state index in [2.05, 4.69) is 5.32 Å². The first-order valence-corrected chi connectivity index (χ1v) is 6.75. The van der Waals surface area contributed by atoms with E-state index in [1.54, 1.807) is 6.92 Å². The molecule has 0 saturated carbocycles. The topological polar surface area (TPSA) is 95.9 Å². The third-order valence-electron chi connectivity index (χ3n) is 3.36. The van der Waals surface area contributed by atoms with Crippen LogP contribution in [0, 0.1) is 5.92 Å². The van der Waals surface area contributed by atoms with Gasteiger partial charge in [-0.2, -0.15) is 0 Å². The molecule has 1 aliphatic heterocycles. The second kappa shape index (κ2) is 6.58. The summed E-state index contributed by atoms with van der Waals surface area (Å²) in [6.07, 6.45) is 1.08. The molecular formula is C13H22N2O5. The normalized spacial score (nSPS) is 16.6. The number of ether oxygens (including phenoxy) is 1. The number of nitrogens with one attached hydrogen (secondary N) is 1. The number of rotatable bonds is 4. The van der Waals surface area contributed by atoms with Crippen molar-refractivity contribution >= 4 is 18.0 Å². The Labute approximate surface area is 118 Å². The number of urea groups is 1. The minimum absolute atomic E-state index is 0.175. The SMILES string of the molecule is CCOC(=O)C1CCN(C(=O)NC(C)(C)C(=O)O)CC1. The van der Waals surface area contributed by atoms with Gasteiger partial charge < -0.3 is 20.1 Å². The quantitative estimate of drug-likeness (QED) is 0.746. The number of carbonyl (C=O) groups excluding carboxylic acids is 2. The average Bonchev–Trinajstić information content (AvgIpc) is 2.38. The van der Waals surface area contributed by atoms with E-state index >= 15 is 0 Å². The highest BCUT2D eigenvalue weighted by Crippen LogP contribution is 2.19. The van der Waals surface area contributed by atoms with Gasteiger partial charge in [0.1, 0.15) is 5.54 Å². The molecule has 0 bridgehead atoms. The lowest BCUT2D eigenvalue weighted by molar-refractivity contribution is -0.149. The van der Waals surface area contributed by atoms with Crippen molar-refractivity contribution < 1.29 is 24.2 Å². The van der Waals surface area contributed by atoms with Crippen LogP contribution in [0.25, 0.3) is 0 Å². The molecule has 2 amide bonds. The minimum atomic E-state index is -1.31. The van der Waals surface area contributed by atoms with Gasteiger partial charge in [0.25, 0.3) is 0 Å². The van der Waals surface area contributed by atoms with Crippen LogP contribution >= 0.6 is 0 Å². The minimum Gasteiger partial charge on any atom is -0.480 e. The van der Waals surface area contributed by atoms with Crippen molar-refractivity contribution in [1.29, 1.82) is 0 Å². The maximum atomic E-state index is 12.0. The summed E-state index contributed by atoms with van der Waals surface area (Å²) in [4.78, 5) is 36.0. The molecule has 0 spiro atoms. The Kier molecular flexibility index (Phi) is 5.35. The van der Waals surface area contributed by atoms with Gasteiger partial charge in [-0.15, -0.1) is 0 Å². The van der Waals surface area contributed by atoms with Gasteiger partial charge in [-0.05, 0) is 33.6 Å². The van der Waals surface area contributed by atoms with Crippen molar-refractivity contribution in [3.63, 3.8) is 0 Å². The first kappa shape index (κ1) is 16.3. The number of hydrogen-bond donors (Lipinski definition) is 2. The summed E-state index contributed by atoms with van der Waals surface area (Å²) in [5, 5.41) is 11.4. The fourth-order valence-corrected chi connectivity index (χ4v) is 1.98. The van der Waals surface area contributed by atoms with Gasteiger partial charge >= 0.3 is 18.0 Å². The number of piperidine rings is 1. The molecule has 1 rings (SSSR count). The Morgan fingerprint density at radius 1 is 1.30 bits per heavy atom. The Morgan fingerprint density at radius 2 is 1.85 bits per heavy atom. The lowest BCUT2D eigenvalue weighted by Gasteiger charge is -2.33. The monoisotopic (exact) mass is 286 g/mol. The molecule has 1 heterocycles. The van der Waals surface area contributed by atoms with Crippen LogP contribution in [0.3, 0.4) is 0 Å². The zero-order chi connectivity index (χ0) is 15.3. The van der Waals surface area contributed by atoms with Crippen LogP contribution in [0.5, 0.6) is 0 Å². The number of likely N-dealkylation sites (tertiary alicyclic amines) is 1. The standard InChI is InChI=1S/C13H22N2O5/c1-4-20-10(16)9-5-7-15(8-6-9)12(19)14-13(2,3)11(17)18/h9H,4-8H2,1-3H3,(H,14,19)(H,17,18). The summed E-state index contributed by atoms with van der Waals surface area (Å²) in [5.74, 6) is -1.49. The zero-order valence-corrected chi connectivity index (χ0v) is 12.1. The molecule has 0 aromatic rings. The van der Waals surface area contributed by atoms with Crippen molar-refractivity contribution in [3.8, 4) is 0 Å². The average molecular weight is 286 g/mol. The summed E-state index contributed by atoms with van der Waals surface area (Å²) >= 11 is 0. The number of amides is 2. The van der Waals surface area contributed by atoms with Gasteiger partial charge in [-0.1, -0.05) is 0 Å². The maximum Gasteiger partial charge on any atom is 0.328 e.